The molecule has 6 heteroatoms. The number of nitrogens with zero attached hydrogens (tertiary/aromatic N) is 1. The Morgan fingerprint density at radius 2 is 2.08 bits per heavy atom. The van der Waals surface area contributed by atoms with E-state index in [4.69, 9.17) is 9.47 Å². The monoisotopic (exact) mass is 337 g/mol. The average Bonchev–Trinajstić information content (AvgIpc) is 3.03. The van der Waals surface area contributed by atoms with E-state index >= 15 is 0 Å². The lowest BCUT2D eigenvalue weighted by atomic mass is 10.2. The molecule has 0 unspecified atom stereocenters. The van der Waals surface area contributed by atoms with Gasteiger partial charge >= 0.3 is 0 Å². The SMILES string of the molecule is C=CCOc1ccc2c(NC(=O)COCc3ccccc3)n[nH]c2c1. The zero-order valence-electron chi connectivity index (χ0n) is 13.7. The summed E-state index contributed by atoms with van der Waals surface area (Å²) in [5, 5.41) is 10.6. The number of aromatic amines is 1. The Labute approximate surface area is 145 Å². The molecule has 3 rings (SSSR count). The summed E-state index contributed by atoms with van der Waals surface area (Å²) < 4.78 is 10.9. The summed E-state index contributed by atoms with van der Waals surface area (Å²) in [5.74, 6) is 0.926. The molecule has 1 amide bonds. The molecule has 2 aromatic carbocycles. The van der Waals surface area contributed by atoms with E-state index in [1.54, 1.807) is 6.08 Å². The molecular formula is C19H19N3O3. The number of H-pyrrole nitrogens is 1. The Morgan fingerprint density at radius 1 is 1.24 bits per heavy atom. The van der Waals surface area contributed by atoms with Crippen LogP contribution in [-0.4, -0.2) is 29.3 Å². The van der Waals surface area contributed by atoms with Crippen molar-refractivity contribution in [2.45, 2.75) is 6.61 Å². The highest BCUT2D eigenvalue weighted by Gasteiger charge is 2.10. The van der Waals surface area contributed by atoms with E-state index in [0.717, 1.165) is 16.5 Å². The van der Waals surface area contributed by atoms with Crippen LogP contribution in [0.5, 0.6) is 5.75 Å². The second kappa shape index (κ2) is 8.12. The van der Waals surface area contributed by atoms with Crippen LogP contribution in [0.15, 0.2) is 61.2 Å². The molecule has 0 saturated carbocycles. The summed E-state index contributed by atoms with van der Waals surface area (Å²) >= 11 is 0. The predicted octanol–water partition coefficient (Wildman–Crippen LogP) is 3.28. The Bertz CT molecular complexity index is 859. The number of carbonyl (C=O) groups is 1. The maximum Gasteiger partial charge on any atom is 0.251 e. The standard InChI is InChI=1S/C19H19N3O3/c1-2-10-25-15-8-9-16-17(11-15)21-22-19(16)20-18(23)13-24-12-14-6-4-3-5-7-14/h2-9,11H,1,10,12-13H2,(H2,20,21,22,23). The predicted molar refractivity (Wildman–Crippen MR) is 96.5 cm³/mol. The molecule has 0 bridgehead atoms. The molecule has 1 aromatic heterocycles. The number of amides is 1. The van der Waals surface area contributed by atoms with Crippen LogP contribution in [0.1, 0.15) is 5.56 Å². The summed E-state index contributed by atoms with van der Waals surface area (Å²) in [4.78, 5) is 12.0. The molecule has 0 aliphatic rings. The molecule has 0 fully saturated rings. The van der Waals surface area contributed by atoms with Crippen molar-refractivity contribution in [3.05, 3.63) is 66.7 Å². The molecule has 0 spiro atoms. The third kappa shape index (κ3) is 4.45. The molecule has 3 aromatic rings. The van der Waals surface area contributed by atoms with Crippen molar-refractivity contribution >= 4 is 22.6 Å². The Balaban J connectivity index is 1.56. The maximum atomic E-state index is 12.0. The van der Waals surface area contributed by atoms with Crippen LogP contribution in [0.4, 0.5) is 5.82 Å². The molecule has 2 N–H and O–H groups in total. The molecule has 0 atom stereocenters. The minimum Gasteiger partial charge on any atom is -0.489 e. The molecule has 6 nitrogen and oxygen atoms in total. The van der Waals surface area contributed by atoms with Gasteiger partial charge in [0.15, 0.2) is 5.82 Å². The van der Waals surface area contributed by atoms with E-state index in [1.165, 1.54) is 0 Å². The van der Waals surface area contributed by atoms with Gasteiger partial charge in [-0.25, -0.2) is 0 Å². The van der Waals surface area contributed by atoms with Crippen LogP contribution < -0.4 is 10.1 Å². The summed E-state index contributed by atoms with van der Waals surface area (Å²) in [5.41, 5.74) is 1.80. The summed E-state index contributed by atoms with van der Waals surface area (Å²) in [6.45, 7) is 4.40. The number of benzene rings is 2. The fourth-order valence-corrected chi connectivity index (χ4v) is 2.34. The molecule has 1 heterocycles. The number of anilines is 1. The van der Waals surface area contributed by atoms with E-state index in [-0.39, 0.29) is 12.5 Å². The molecular weight excluding hydrogens is 318 g/mol. The highest BCUT2D eigenvalue weighted by atomic mass is 16.5. The van der Waals surface area contributed by atoms with Crippen molar-refractivity contribution in [2.75, 3.05) is 18.5 Å². The van der Waals surface area contributed by atoms with Gasteiger partial charge in [-0.2, -0.15) is 5.10 Å². The van der Waals surface area contributed by atoms with Crippen LogP contribution in [0, 0.1) is 0 Å². The maximum absolute atomic E-state index is 12.0. The number of hydrogen-bond donors (Lipinski definition) is 2. The second-order valence-electron chi connectivity index (χ2n) is 5.41. The van der Waals surface area contributed by atoms with Gasteiger partial charge in [-0.15, -0.1) is 0 Å². The first-order valence-electron chi connectivity index (χ1n) is 7.89. The minimum atomic E-state index is -0.253. The zero-order chi connectivity index (χ0) is 17.5. The van der Waals surface area contributed by atoms with Gasteiger partial charge in [0.2, 0.25) is 0 Å². The van der Waals surface area contributed by atoms with Gasteiger partial charge in [0.05, 0.1) is 12.1 Å². The first-order chi connectivity index (χ1) is 12.3. The number of hydrogen-bond acceptors (Lipinski definition) is 4. The molecule has 25 heavy (non-hydrogen) atoms. The van der Waals surface area contributed by atoms with Crippen molar-refractivity contribution in [3.63, 3.8) is 0 Å². The Kier molecular flexibility index (Phi) is 5.43. The van der Waals surface area contributed by atoms with Crippen molar-refractivity contribution in [1.82, 2.24) is 10.2 Å². The largest absolute Gasteiger partial charge is 0.489 e. The zero-order valence-corrected chi connectivity index (χ0v) is 13.7. The highest BCUT2D eigenvalue weighted by molar-refractivity contribution is 6.00. The highest BCUT2D eigenvalue weighted by Crippen LogP contribution is 2.24. The van der Waals surface area contributed by atoms with E-state index in [2.05, 4.69) is 22.1 Å². The van der Waals surface area contributed by atoms with Crippen LogP contribution in [0.2, 0.25) is 0 Å². The topological polar surface area (TPSA) is 76.2 Å². The smallest absolute Gasteiger partial charge is 0.251 e. The second-order valence-corrected chi connectivity index (χ2v) is 5.41. The third-order valence-electron chi connectivity index (χ3n) is 3.50. The van der Waals surface area contributed by atoms with Gasteiger partial charge in [0, 0.05) is 11.5 Å². The van der Waals surface area contributed by atoms with Gasteiger partial charge in [0.25, 0.3) is 5.91 Å². The van der Waals surface area contributed by atoms with Gasteiger partial charge in [-0.1, -0.05) is 43.0 Å². The summed E-state index contributed by atoms with van der Waals surface area (Å²) in [6, 6.07) is 15.2. The van der Waals surface area contributed by atoms with Crippen molar-refractivity contribution < 1.29 is 14.3 Å². The molecule has 0 aliphatic heterocycles. The average molecular weight is 337 g/mol. The van der Waals surface area contributed by atoms with Gasteiger partial charge < -0.3 is 14.8 Å². The number of rotatable bonds is 8. The number of nitrogens with one attached hydrogen (secondary N) is 2. The van der Waals surface area contributed by atoms with Crippen LogP contribution in [0.3, 0.4) is 0 Å². The van der Waals surface area contributed by atoms with E-state index < -0.39 is 0 Å². The van der Waals surface area contributed by atoms with Crippen LogP contribution in [0.25, 0.3) is 10.9 Å². The number of aromatic nitrogens is 2. The van der Waals surface area contributed by atoms with E-state index in [9.17, 15) is 4.79 Å². The molecule has 0 radical (unpaired) electrons. The summed E-state index contributed by atoms with van der Waals surface area (Å²) in [7, 11) is 0. The van der Waals surface area contributed by atoms with Crippen molar-refractivity contribution in [2.24, 2.45) is 0 Å². The van der Waals surface area contributed by atoms with Crippen molar-refractivity contribution in [3.8, 4) is 5.75 Å². The molecule has 128 valence electrons. The third-order valence-corrected chi connectivity index (χ3v) is 3.50. The van der Waals surface area contributed by atoms with E-state index in [0.29, 0.717) is 24.8 Å². The Hall–Kier alpha value is -3.12. The van der Waals surface area contributed by atoms with Crippen LogP contribution >= 0.6 is 0 Å². The lowest BCUT2D eigenvalue weighted by molar-refractivity contribution is -0.121. The quantitative estimate of drug-likeness (QED) is 0.619. The van der Waals surface area contributed by atoms with Gasteiger partial charge in [-0.3, -0.25) is 9.89 Å². The van der Waals surface area contributed by atoms with Crippen molar-refractivity contribution in [1.29, 1.82) is 0 Å². The van der Waals surface area contributed by atoms with E-state index in [1.807, 2.05) is 48.5 Å². The number of ether oxygens (including phenoxy) is 2. The normalized spacial score (nSPS) is 10.6. The lowest BCUT2D eigenvalue weighted by Gasteiger charge is -2.05. The fourth-order valence-electron chi connectivity index (χ4n) is 2.34. The van der Waals surface area contributed by atoms with Gasteiger partial charge in [-0.05, 0) is 17.7 Å². The number of carbonyl (C=O) groups excluding carboxylic acids is 1. The number of fused-ring (bicyclic) bond motifs is 1. The van der Waals surface area contributed by atoms with Crippen LogP contribution in [-0.2, 0) is 16.1 Å². The van der Waals surface area contributed by atoms with Gasteiger partial charge in [0.1, 0.15) is 19.0 Å². The lowest BCUT2D eigenvalue weighted by Crippen LogP contribution is -2.18. The molecule has 0 saturated heterocycles. The minimum absolute atomic E-state index is 0.0379. The molecule has 0 aliphatic carbocycles. The fraction of sp³-hybridized carbons (Fsp3) is 0.158. The Morgan fingerprint density at radius 3 is 2.88 bits per heavy atom. The summed E-state index contributed by atoms with van der Waals surface area (Å²) in [6.07, 6.45) is 1.68. The first kappa shape index (κ1) is 16.7. The first-order valence-corrected chi connectivity index (χ1v) is 7.89.